The number of sulfonamides is 1. The topological polar surface area (TPSA) is 95.0 Å². The molecule has 3 saturated heterocycles. The Morgan fingerprint density at radius 1 is 1.10 bits per heavy atom. The molecule has 3 aliphatic heterocycles. The molecule has 3 fully saturated rings. The molecule has 0 spiro atoms. The average molecular weight is 473 g/mol. The maximum atomic E-state index is 13.7. The third kappa shape index (κ3) is 3.34. The van der Waals surface area contributed by atoms with E-state index in [0.29, 0.717) is 32.1 Å². The van der Waals surface area contributed by atoms with Crippen LogP contribution in [0.5, 0.6) is 0 Å². The van der Waals surface area contributed by atoms with Crippen LogP contribution in [0.25, 0.3) is 0 Å². The zero-order valence-corrected chi connectivity index (χ0v) is 18.4. The van der Waals surface area contributed by atoms with Gasteiger partial charge in [0.1, 0.15) is 12.1 Å². The molecular formula is C20H22Cl2N2O5S. The van der Waals surface area contributed by atoms with Crippen molar-refractivity contribution in [2.45, 2.75) is 61.2 Å². The van der Waals surface area contributed by atoms with Crippen LogP contribution >= 0.6 is 23.2 Å². The summed E-state index contributed by atoms with van der Waals surface area (Å²) in [6.45, 7) is 3.90. The van der Waals surface area contributed by atoms with E-state index >= 15 is 0 Å². The lowest BCUT2D eigenvalue weighted by Gasteiger charge is -2.40. The summed E-state index contributed by atoms with van der Waals surface area (Å²) >= 11 is 12.1. The van der Waals surface area contributed by atoms with Crippen LogP contribution in [0.2, 0.25) is 10.0 Å². The fourth-order valence-electron chi connectivity index (χ4n) is 5.26. The number of carboxylic acid groups (broad SMARTS) is 1. The molecule has 4 rings (SSSR count). The second-order valence-electron chi connectivity index (χ2n) is 8.01. The van der Waals surface area contributed by atoms with Crippen LogP contribution in [0.4, 0.5) is 0 Å². The molecule has 0 radical (unpaired) electrons. The smallest absolute Gasteiger partial charge is 0.326 e. The van der Waals surface area contributed by atoms with Gasteiger partial charge in [-0.05, 0) is 50.3 Å². The van der Waals surface area contributed by atoms with Crippen molar-refractivity contribution in [3.05, 3.63) is 40.9 Å². The third-order valence-corrected chi connectivity index (χ3v) is 8.79. The molecule has 0 saturated carbocycles. The lowest BCUT2D eigenvalue weighted by Crippen LogP contribution is -2.55. The summed E-state index contributed by atoms with van der Waals surface area (Å²) in [5, 5.41) is 10.0. The number of carboxylic acids is 1. The van der Waals surface area contributed by atoms with Crippen molar-refractivity contribution in [2.24, 2.45) is 5.92 Å². The van der Waals surface area contributed by atoms with E-state index in [1.807, 2.05) is 0 Å². The average Bonchev–Trinajstić information content (AvgIpc) is 3.10. The molecule has 2 bridgehead atoms. The zero-order valence-electron chi connectivity index (χ0n) is 16.1. The maximum Gasteiger partial charge on any atom is 0.326 e. The van der Waals surface area contributed by atoms with Crippen LogP contribution in [0, 0.1) is 5.92 Å². The largest absolute Gasteiger partial charge is 0.480 e. The quantitative estimate of drug-likeness (QED) is 0.678. The standard InChI is InChI=1S/C20H22Cl2N2O5S/c1-2-14-15-6-7-18(20(26)27)23(15)19(25)17-5-3-4-16(14)24(17)30(28,29)13-9-11(21)8-12(22)10-13/h2,8-10,14-18H,1,3-7H2,(H,26,27)/t14-,15-,16+,17-,18-/m0/s1. The summed E-state index contributed by atoms with van der Waals surface area (Å²) in [6.07, 6.45) is 4.09. The predicted molar refractivity (Wildman–Crippen MR) is 112 cm³/mol. The van der Waals surface area contributed by atoms with Gasteiger partial charge in [-0.3, -0.25) is 4.79 Å². The van der Waals surface area contributed by atoms with Crippen LogP contribution in [-0.4, -0.2) is 58.8 Å². The van der Waals surface area contributed by atoms with Gasteiger partial charge >= 0.3 is 5.97 Å². The first-order valence-electron chi connectivity index (χ1n) is 9.84. The highest BCUT2D eigenvalue weighted by Gasteiger charge is 2.56. The number of benzene rings is 1. The van der Waals surface area contributed by atoms with E-state index in [1.54, 1.807) is 6.08 Å². The Morgan fingerprint density at radius 3 is 2.37 bits per heavy atom. The summed E-state index contributed by atoms with van der Waals surface area (Å²) in [5.41, 5.74) is 0. The van der Waals surface area contributed by atoms with Crippen molar-refractivity contribution in [2.75, 3.05) is 0 Å². The molecule has 5 atom stereocenters. The first-order chi connectivity index (χ1) is 14.2. The van der Waals surface area contributed by atoms with Gasteiger partial charge in [-0.25, -0.2) is 13.2 Å². The highest BCUT2D eigenvalue weighted by Crippen LogP contribution is 2.44. The van der Waals surface area contributed by atoms with Gasteiger partial charge in [-0.1, -0.05) is 29.3 Å². The van der Waals surface area contributed by atoms with Gasteiger partial charge in [-0.2, -0.15) is 4.31 Å². The van der Waals surface area contributed by atoms with Crippen molar-refractivity contribution >= 4 is 45.1 Å². The molecule has 7 nitrogen and oxygen atoms in total. The first-order valence-corrected chi connectivity index (χ1v) is 12.0. The Bertz CT molecular complexity index is 994. The molecule has 1 amide bonds. The van der Waals surface area contributed by atoms with Crippen molar-refractivity contribution in [1.82, 2.24) is 9.21 Å². The van der Waals surface area contributed by atoms with Crippen LogP contribution in [0.1, 0.15) is 32.1 Å². The fraction of sp³-hybridized carbons (Fsp3) is 0.500. The third-order valence-electron chi connectivity index (χ3n) is 6.44. The molecule has 0 unspecified atom stereocenters. The Morgan fingerprint density at radius 2 is 1.77 bits per heavy atom. The molecule has 0 aliphatic carbocycles. The van der Waals surface area contributed by atoms with Crippen molar-refractivity contribution in [3.8, 4) is 0 Å². The first kappa shape index (κ1) is 21.6. The molecule has 1 N–H and O–H groups in total. The SMILES string of the molecule is C=C[C@@H]1[C@H]2CCC[C@@H](C(=O)N3[C@H](C(=O)O)CC[C@@H]13)N2S(=O)(=O)c1cc(Cl)cc(Cl)c1. The number of amides is 1. The van der Waals surface area contributed by atoms with Crippen LogP contribution in [0.15, 0.2) is 35.7 Å². The summed E-state index contributed by atoms with van der Waals surface area (Å²) in [4.78, 5) is 26.6. The highest BCUT2D eigenvalue weighted by molar-refractivity contribution is 7.89. The van der Waals surface area contributed by atoms with Gasteiger partial charge in [-0.15, -0.1) is 6.58 Å². The summed E-state index contributed by atoms with van der Waals surface area (Å²) in [6, 6.07) is 1.29. The number of nitrogens with zero attached hydrogens (tertiary/aromatic N) is 2. The molecular weight excluding hydrogens is 451 g/mol. The van der Waals surface area contributed by atoms with Gasteiger partial charge in [0.2, 0.25) is 15.9 Å². The van der Waals surface area contributed by atoms with Gasteiger partial charge in [0, 0.05) is 28.0 Å². The van der Waals surface area contributed by atoms with Gasteiger partial charge in [0.05, 0.1) is 4.90 Å². The van der Waals surface area contributed by atoms with Crippen LogP contribution < -0.4 is 0 Å². The minimum atomic E-state index is -4.11. The summed E-state index contributed by atoms with van der Waals surface area (Å²) < 4.78 is 28.6. The molecule has 1 aromatic carbocycles. The minimum absolute atomic E-state index is 0.0793. The molecule has 0 aromatic heterocycles. The molecule has 3 heterocycles. The lowest BCUT2D eigenvalue weighted by molar-refractivity contribution is -0.150. The zero-order chi connectivity index (χ0) is 21.8. The maximum absolute atomic E-state index is 13.7. The van der Waals surface area contributed by atoms with E-state index in [4.69, 9.17) is 23.2 Å². The minimum Gasteiger partial charge on any atom is -0.480 e. The Kier molecular flexibility index (Phi) is 5.63. The molecule has 162 valence electrons. The van der Waals surface area contributed by atoms with E-state index in [1.165, 1.54) is 27.4 Å². The van der Waals surface area contributed by atoms with Gasteiger partial charge in [0.15, 0.2) is 0 Å². The normalized spacial score (nSPS) is 31.9. The monoisotopic (exact) mass is 472 g/mol. The predicted octanol–water partition coefficient (Wildman–Crippen LogP) is 3.17. The fourth-order valence-corrected chi connectivity index (χ4v) is 7.85. The van der Waals surface area contributed by atoms with Crippen molar-refractivity contribution in [1.29, 1.82) is 0 Å². The summed E-state index contributed by atoms with van der Waals surface area (Å²) in [5.74, 6) is -1.88. The van der Waals surface area contributed by atoms with Crippen LogP contribution in [-0.2, 0) is 19.6 Å². The molecule has 30 heavy (non-hydrogen) atoms. The number of hydrogen-bond acceptors (Lipinski definition) is 4. The van der Waals surface area contributed by atoms with Crippen molar-refractivity contribution in [3.63, 3.8) is 0 Å². The van der Waals surface area contributed by atoms with E-state index in [-0.39, 0.29) is 26.9 Å². The molecule has 10 heteroatoms. The number of aliphatic carboxylic acids is 1. The molecule has 3 aliphatic rings. The van der Waals surface area contributed by atoms with E-state index in [9.17, 15) is 23.1 Å². The number of hydrogen-bond donors (Lipinski definition) is 1. The Hall–Kier alpha value is -1.61. The Balaban J connectivity index is 1.86. The number of piperidine rings is 1. The van der Waals surface area contributed by atoms with Crippen LogP contribution in [0.3, 0.4) is 0 Å². The van der Waals surface area contributed by atoms with Crippen molar-refractivity contribution < 1.29 is 23.1 Å². The summed E-state index contributed by atoms with van der Waals surface area (Å²) in [7, 11) is -4.11. The Labute approximate surface area is 185 Å². The second-order valence-corrected chi connectivity index (χ2v) is 10.7. The van der Waals surface area contributed by atoms with Gasteiger partial charge in [0.25, 0.3) is 0 Å². The van der Waals surface area contributed by atoms with Gasteiger partial charge < -0.3 is 10.0 Å². The van der Waals surface area contributed by atoms with E-state index in [0.717, 1.165) is 0 Å². The number of fused-ring (bicyclic) bond motifs is 3. The number of halogens is 2. The second kappa shape index (κ2) is 7.82. The number of rotatable bonds is 4. The highest BCUT2D eigenvalue weighted by atomic mass is 35.5. The van der Waals surface area contributed by atoms with E-state index in [2.05, 4.69) is 6.58 Å². The number of carbonyl (C=O) groups excluding carboxylic acids is 1. The lowest BCUT2D eigenvalue weighted by atomic mass is 9.85. The molecule has 1 aromatic rings. The number of carbonyl (C=O) groups is 2. The van der Waals surface area contributed by atoms with E-state index < -0.39 is 40.0 Å².